The first-order chi connectivity index (χ1) is 7.13. The Morgan fingerprint density at radius 2 is 1.80 bits per heavy atom. The maximum absolute atomic E-state index is 12.3. The molecule has 0 fully saturated rings. The van der Waals surface area contributed by atoms with Gasteiger partial charge in [0.05, 0.1) is 14.2 Å². The Balaban J connectivity index is 3.20. The van der Waals surface area contributed by atoms with Crippen LogP contribution in [0.25, 0.3) is 0 Å². The number of halogens is 2. The summed E-state index contributed by atoms with van der Waals surface area (Å²) in [6.45, 7) is -0.839. The molecule has 84 valence electrons. The van der Waals surface area contributed by atoms with Gasteiger partial charge in [0, 0.05) is 0 Å². The summed E-state index contributed by atoms with van der Waals surface area (Å²) >= 11 is 3.28. The highest BCUT2D eigenvalue weighted by Crippen LogP contribution is 2.37. The second-order valence-corrected chi connectivity index (χ2v) is 3.70. The van der Waals surface area contributed by atoms with E-state index in [0.717, 1.165) is 0 Å². The van der Waals surface area contributed by atoms with Gasteiger partial charge >= 0.3 is 0 Å². The van der Waals surface area contributed by atoms with Gasteiger partial charge in [-0.15, -0.1) is 0 Å². The van der Waals surface area contributed by atoms with Gasteiger partial charge in [-0.05, 0) is 33.6 Å². The van der Waals surface area contributed by atoms with Gasteiger partial charge in [0.1, 0.15) is 28.8 Å². The number of aliphatic hydroxyl groups is 1. The molecule has 15 heavy (non-hydrogen) atoms. The molecule has 0 heterocycles. The number of hydrogen-bond donors (Lipinski definition) is 1. The van der Waals surface area contributed by atoms with Gasteiger partial charge in [0.25, 0.3) is 0 Å². The van der Waals surface area contributed by atoms with Crippen molar-refractivity contribution in [2.75, 3.05) is 20.9 Å². The molecule has 0 spiro atoms. The summed E-state index contributed by atoms with van der Waals surface area (Å²) < 4.78 is 23.1. The van der Waals surface area contributed by atoms with Crippen LogP contribution in [0.1, 0.15) is 11.7 Å². The van der Waals surface area contributed by atoms with E-state index < -0.39 is 12.8 Å². The monoisotopic (exact) mass is 278 g/mol. The molecule has 0 aliphatic carbocycles. The van der Waals surface area contributed by atoms with Crippen LogP contribution in [0.5, 0.6) is 11.5 Å². The van der Waals surface area contributed by atoms with E-state index in [4.69, 9.17) is 9.47 Å². The lowest BCUT2D eigenvalue weighted by molar-refractivity contribution is 0.141. The highest BCUT2D eigenvalue weighted by molar-refractivity contribution is 9.10. The molecule has 0 aliphatic rings. The third-order valence-electron chi connectivity index (χ3n) is 2.00. The minimum atomic E-state index is -1.15. The Bertz CT molecular complexity index is 318. The van der Waals surface area contributed by atoms with Crippen molar-refractivity contribution in [3.8, 4) is 11.5 Å². The molecule has 1 rings (SSSR count). The molecule has 0 bridgehead atoms. The van der Waals surface area contributed by atoms with Crippen molar-refractivity contribution in [2.24, 2.45) is 0 Å². The minimum absolute atomic E-state index is 0.425. The van der Waals surface area contributed by atoms with Crippen molar-refractivity contribution in [1.29, 1.82) is 0 Å². The van der Waals surface area contributed by atoms with E-state index in [-0.39, 0.29) is 0 Å². The lowest BCUT2D eigenvalue weighted by Crippen LogP contribution is -2.01. The normalized spacial score (nSPS) is 12.3. The largest absolute Gasteiger partial charge is 0.495 e. The zero-order valence-corrected chi connectivity index (χ0v) is 10.0. The van der Waals surface area contributed by atoms with Crippen molar-refractivity contribution in [3.63, 3.8) is 0 Å². The lowest BCUT2D eigenvalue weighted by Gasteiger charge is -2.13. The van der Waals surface area contributed by atoms with Gasteiger partial charge < -0.3 is 14.6 Å². The van der Waals surface area contributed by atoms with Crippen molar-refractivity contribution in [2.45, 2.75) is 6.10 Å². The summed E-state index contributed by atoms with van der Waals surface area (Å²) in [5.41, 5.74) is 0.425. The van der Waals surface area contributed by atoms with Gasteiger partial charge in [-0.3, -0.25) is 0 Å². The fraction of sp³-hybridized carbons (Fsp3) is 0.400. The lowest BCUT2D eigenvalue weighted by atomic mass is 10.1. The number of ether oxygens (including phenoxy) is 2. The topological polar surface area (TPSA) is 38.7 Å². The molecule has 1 aromatic carbocycles. The maximum atomic E-state index is 12.3. The van der Waals surface area contributed by atoms with Gasteiger partial charge in [0.2, 0.25) is 0 Å². The Morgan fingerprint density at radius 1 is 1.33 bits per heavy atom. The number of benzene rings is 1. The van der Waals surface area contributed by atoms with Crippen LogP contribution in [0.15, 0.2) is 16.6 Å². The Morgan fingerprint density at radius 3 is 2.13 bits per heavy atom. The molecule has 1 unspecified atom stereocenters. The number of methoxy groups -OCH3 is 2. The first kappa shape index (κ1) is 12.3. The van der Waals surface area contributed by atoms with Gasteiger partial charge in [-0.25, -0.2) is 4.39 Å². The molecule has 0 saturated carbocycles. The first-order valence-corrected chi connectivity index (χ1v) is 5.08. The van der Waals surface area contributed by atoms with E-state index >= 15 is 0 Å². The van der Waals surface area contributed by atoms with Gasteiger partial charge in [-0.2, -0.15) is 0 Å². The summed E-state index contributed by atoms with van der Waals surface area (Å²) in [5.74, 6) is 0.994. The van der Waals surface area contributed by atoms with Crippen LogP contribution in [0.2, 0.25) is 0 Å². The number of hydrogen-bond acceptors (Lipinski definition) is 3. The number of rotatable bonds is 4. The summed E-state index contributed by atoms with van der Waals surface area (Å²) in [6.07, 6.45) is -1.15. The molecule has 0 amide bonds. The third kappa shape index (κ3) is 2.60. The van der Waals surface area contributed by atoms with Crippen molar-refractivity contribution < 1.29 is 19.0 Å². The van der Waals surface area contributed by atoms with Crippen LogP contribution in [-0.2, 0) is 0 Å². The van der Waals surface area contributed by atoms with E-state index in [9.17, 15) is 9.50 Å². The average Bonchev–Trinajstić information content (AvgIpc) is 2.28. The van der Waals surface area contributed by atoms with Gasteiger partial charge in [0.15, 0.2) is 0 Å². The molecule has 1 N–H and O–H groups in total. The van der Waals surface area contributed by atoms with E-state index in [1.165, 1.54) is 14.2 Å². The Hall–Kier alpha value is -0.810. The van der Waals surface area contributed by atoms with Crippen LogP contribution in [0, 0.1) is 0 Å². The molecule has 0 aliphatic heterocycles. The molecular formula is C10H12BrFO3. The zero-order valence-electron chi connectivity index (χ0n) is 8.46. The molecule has 0 aromatic heterocycles. The van der Waals surface area contributed by atoms with Crippen molar-refractivity contribution in [3.05, 3.63) is 22.2 Å². The molecule has 1 aromatic rings. The Labute approximate surface area is 95.9 Å². The highest BCUT2D eigenvalue weighted by atomic mass is 79.9. The van der Waals surface area contributed by atoms with E-state index in [1.54, 1.807) is 12.1 Å². The first-order valence-electron chi connectivity index (χ1n) is 4.29. The van der Waals surface area contributed by atoms with E-state index in [1.807, 2.05) is 0 Å². The van der Waals surface area contributed by atoms with Crippen LogP contribution in [0.4, 0.5) is 4.39 Å². The van der Waals surface area contributed by atoms with Crippen molar-refractivity contribution in [1.82, 2.24) is 0 Å². The summed E-state index contributed by atoms with van der Waals surface area (Å²) in [4.78, 5) is 0. The standard InChI is InChI=1S/C10H12BrFO3/c1-14-8-3-6(7(13)5-12)4-9(15-2)10(8)11/h3-4,7,13H,5H2,1-2H3. The SMILES string of the molecule is COc1cc(C(O)CF)cc(OC)c1Br. The third-order valence-corrected chi connectivity index (χ3v) is 2.78. The molecule has 1 atom stereocenters. The van der Waals surface area contributed by atoms with Crippen molar-refractivity contribution >= 4 is 15.9 Å². The zero-order chi connectivity index (χ0) is 11.4. The number of alkyl halides is 1. The highest BCUT2D eigenvalue weighted by Gasteiger charge is 2.14. The molecule has 3 nitrogen and oxygen atoms in total. The molecule has 0 radical (unpaired) electrons. The van der Waals surface area contributed by atoms with E-state index in [0.29, 0.717) is 21.5 Å². The van der Waals surface area contributed by atoms with Crippen LogP contribution >= 0.6 is 15.9 Å². The smallest absolute Gasteiger partial charge is 0.137 e. The average molecular weight is 279 g/mol. The predicted molar refractivity (Wildman–Crippen MR) is 58.2 cm³/mol. The summed E-state index contributed by atoms with van der Waals surface area (Å²) in [7, 11) is 2.98. The fourth-order valence-corrected chi connectivity index (χ4v) is 1.72. The number of aliphatic hydroxyl groups excluding tert-OH is 1. The molecule has 0 saturated heterocycles. The van der Waals surface area contributed by atoms with Gasteiger partial charge in [-0.1, -0.05) is 0 Å². The second-order valence-electron chi connectivity index (χ2n) is 2.91. The Kier molecular flexibility index (Phi) is 4.35. The second kappa shape index (κ2) is 5.32. The minimum Gasteiger partial charge on any atom is -0.495 e. The molecular weight excluding hydrogens is 267 g/mol. The van der Waals surface area contributed by atoms with Crippen LogP contribution in [-0.4, -0.2) is 26.0 Å². The fourth-order valence-electron chi connectivity index (χ4n) is 1.17. The predicted octanol–water partition coefficient (Wildman–Crippen LogP) is 2.47. The summed E-state index contributed by atoms with van der Waals surface area (Å²) in [6, 6.07) is 3.13. The quantitative estimate of drug-likeness (QED) is 0.920. The van der Waals surface area contributed by atoms with Crippen LogP contribution in [0.3, 0.4) is 0 Å². The summed E-state index contributed by atoms with van der Waals surface area (Å²) in [5, 5.41) is 9.36. The molecule has 5 heteroatoms. The van der Waals surface area contributed by atoms with E-state index in [2.05, 4.69) is 15.9 Å². The maximum Gasteiger partial charge on any atom is 0.137 e. The van der Waals surface area contributed by atoms with Crippen LogP contribution < -0.4 is 9.47 Å².